The lowest BCUT2D eigenvalue weighted by atomic mass is 10.1. The number of hydrogen-bond donors (Lipinski definition) is 3. The van der Waals surface area contributed by atoms with Gasteiger partial charge in [0, 0.05) is 21.2 Å². The number of phenols is 1. The van der Waals surface area contributed by atoms with Crippen LogP contribution >= 0.6 is 22.9 Å². The first-order chi connectivity index (χ1) is 12.1. The Labute approximate surface area is 154 Å². The fraction of sp³-hybridized carbons (Fsp3) is 0.0667. The van der Waals surface area contributed by atoms with Crippen LogP contribution in [0.15, 0.2) is 38.4 Å². The highest BCUT2D eigenvalue weighted by molar-refractivity contribution is 7.86. The van der Waals surface area contributed by atoms with Gasteiger partial charge in [-0.1, -0.05) is 11.6 Å². The third kappa shape index (κ3) is 3.44. The van der Waals surface area contributed by atoms with E-state index in [2.05, 4.69) is 0 Å². The summed E-state index contributed by atoms with van der Waals surface area (Å²) in [5.41, 5.74) is -0.798. The molecule has 0 radical (unpaired) electrons. The molecule has 8 nitrogen and oxygen atoms in total. The molecule has 0 bridgehead atoms. The van der Waals surface area contributed by atoms with Gasteiger partial charge in [0.25, 0.3) is 10.1 Å². The maximum Gasteiger partial charge on any atom is 0.345 e. The lowest BCUT2D eigenvalue weighted by molar-refractivity contribution is -0.136. The molecular weight excluding hydrogens is 408 g/mol. The van der Waals surface area contributed by atoms with Gasteiger partial charge in [-0.05, 0) is 18.2 Å². The second-order valence-corrected chi connectivity index (χ2v) is 8.17. The van der Waals surface area contributed by atoms with E-state index in [4.69, 9.17) is 21.1 Å². The number of aromatic hydroxyl groups is 1. The molecule has 0 aliphatic heterocycles. The van der Waals surface area contributed by atoms with Crippen molar-refractivity contribution in [2.45, 2.75) is 11.3 Å². The average molecular weight is 417 g/mol. The van der Waals surface area contributed by atoms with Gasteiger partial charge in [0.2, 0.25) is 0 Å². The van der Waals surface area contributed by atoms with E-state index in [0.717, 1.165) is 23.5 Å². The zero-order valence-electron chi connectivity index (χ0n) is 12.6. The highest BCUT2D eigenvalue weighted by atomic mass is 35.5. The number of phenolic OH excluding ortho intramolecular Hbond substituents is 1. The summed E-state index contributed by atoms with van der Waals surface area (Å²) in [6.45, 7) is 0. The van der Waals surface area contributed by atoms with Crippen LogP contribution in [0, 0.1) is 0 Å². The molecule has 0 amide bonds. The van der Waals surface area contributed by atoms with Crippen molar-refractivity contribution < 1.29 is 32.4 Å². The molecule has 0 aliphatic carbocycles. The third-order valence-electron chi connectivity index (χ3n) is 3.43. The van der Waals surface area contributed by atoms with Crippen molar-refractivity contribution in [1.82, 2.24) is 0 Å². The van der Waals surface area contributed by atoms with Crippen molar-refractivity contribution in [2.24, 2.45) is 0 Å². The van der Waals surface area contributed by atoms with Gasteiger partial charge in [0.15, 0.2) is 0 Å². The maximum absolute atomic E-state index is 12.2. The summed E-state index contributed by atoms with van der Waals surface area (Å²) in [5.74, 6) is -1.57. The number of carboxylic acid groups (broad SMARTS) is 1. The number of rotatable bonds is 4. The molecule has 136 valence electrons. The number of benzene rings is 1. The molecule has 0 fully saturated rings. The molecule has 0 atom stereocenters. The molecule has 0 saturated carbocycles. The lowest BCUT2D eigenvalue weighted by Crippen LogP contribution is -2.04. The molecule has 0 aliphatic rings. The standard InChI is InChI=1S/C15H9ClO8S2/c16-8-2-6-1-7(15(20)24-10(6)3-9(8)17)11-4-13(26(21,22)23)12(25-11)5-14(18)19/h1-4,17H,5H2,(H,18,19)(H,21,22,23). The smallest absolute Gasteiger partial charge is 0.345 e. The fourth-order valence-electron chi connectivity index (χ4n) is 2.32. The molecule has 2 aromatic heterocycles. The minimum absolute atomic E-state index is 0.0219. The Morgan fingerprint density at radius 3 is 2.54 bits per heavy atom. The predicted octanol–water partition coefficient (Wildman–Crippen LogP) is 2.75. The van der Waals surface area contributed by atoms with Gasteiger partial charge in [-0.25, -0.2) is 4.79 Å². The van der Waals surface area contributed by atoms with Gasteiger partial charge in [-0.3, -0.25) is 9.35 Å². The Morgan fingerprint density at radius 1 is 1.23 bits per heavy atom. The topological polar surface area (TPSA) is 142 Å². The zero-order chi connectivity index (χ0) is 19.2. The summed E-state index contributed by atoms with van der Waals surface area (Å²) in [6, 6.07) is 4.90. The van der Waals surface area contributed by atoms with E-state index < -0.39 is 33.0 Å². The lowest BCUT2D eigenvalue weighted by Gasteiger charge is -2.02. The van der Waals surface area contributed by atoms with Gasteiger partial charge in [-0.15, -0.1) is 11.3 Å². The van der Waals surface area contributed by atoms with Crippen LogP contribution in [0.25, 0.3) is 21.4 Å². The van der Waals surface area contributed by atoms with Crippen LogP contribution in [0.5, 0.6) is 5.75 Å². The fourth-order valence-corrected chi connectivity index (χ4v) is 4.69. The second-order valence-electron chi connectivity index (χ2n) is 5.23. The first kappa shape index (κ1) is 18.4. The minimum Gasteiger partial charge on any atom is -0.506 e. The van der Waals surface area contributed by atoms with E-state index in [9.17, 15) is 27.7 Å². The zero-order valence-corrected chi connectivity index (χ0v) is 15.0. The number of carboxylic acids is 1. The number of carbonyl (C=O) groups is 1. The number of thiophene rings is 1. The molecule has 11 heteroatoms. The van der Waals surface area contributed by atoms with E-state index in [0.29, 0.717) is 5.39 Å². The quantitative estimate of drug-likeness (QED) is 0.435. The molecule has 1 aromatic carbocycles. The normalized spacial score (nSPS) is 11.8. The Bertz CT molecular complexity index is 1210. The summed E-state index contributed by atoms with van der Waals surface area (Å²) < 4.78 is 37.4. The Kier molecular flexibility index (Phi) is 4.53. The monoisotopic (exact) mass is 416 g/mol. The van der Waals surface area contributed by atoms with E-state index in [-0.39, 0.29) is 31.7 Å². The summed E-state index contributed by atoms with van der Waals surface area (Å²) in [7, 11) is -4.67. The van der Waals surface area contributed by atoms with Crippen molar-refractivity contribution in [3.63, 3.8) is 0 Å². The first-order valence-electron chi connectivity index (χ1n) is 6.85. The van der Waals surface area contributed by atoms with Gasteiger partial charge in [0.05, 0.1) is 17.0 Å². The van der Waals surface area contributed by atoms with Gasteiger partial charge in [0.1, 0.15) is 16.2 Å². The number of hydrogen-bond acceptors (Lipinski definition) is 7. The molecule has 0 spiro atoms. The molecule has 2 heterocycles. The molecule has 26 heavy (non-hydrogen) atoms. The second kappa shape index (κ2) is 6.40. The van der Waals surface area contributed by atoms with Crippen LogP contribution in [-0.4, -0.2) is 29.2 Å². The SMILES string of the molecule is O=C(O)Cc1sc(-c2cc3cc(Cl)c(O)cc3oc2=O)cc1S(=O)(=O)O. The van der Waals surface area contributed by atoms with E-state index in [1.807, 2.05) is 0 Å². The molecule has 3 aromatic rings. The van der Waals surface area contributed by atoms with Crippen LogP contribution in [0.3, 0.4) is 0 Å². The van der Waals surface area contributed by atoms with Gasteiger partial charge >= 0.3 is 11.6 Å². The van der Waals surface area contributed by atoms with Crippen molar-refractivity contribution in [2.75, 3.05) is 0 Å². The van der Waals surface area contributed by atoms with Crippen molar-refractivity contribution >= 4 is 50.0 Å². The van der Waals surface area contributed by atoms with Crippen LogP contribution < -0.4 is 5.63 Å². The van der Waals surface area contributed by atoms with Crippen LogP contribution in [-0.2, 0) is 21.3 Å². The number of halogens is 1. The average Bonchev–Trinajstić information content (AvgIpc) is 2.91. The largest absolute Gasteiger partial charge is 0.506 e. The molecule has 0 unspecified atom stereocenters. The minimum atomic E-state index is -4.67. The Balaban J connectivity index is 2.25. The highest BCUT2D eigenvalue weighted by Crippen LogP contribution is 2.35. The van der Waals surface area contributed by atoms with Crippen molar-refractivity contribution in [3.05, 3.63) is 44.6 Å². The van der Waals surface area contributed by atoms with E-state index in [1.54, 1.807) is 0 Å². The predicted molar refractivity (Wildman–Crippen MR) is 93.6 cm³/mol. The molecule has 3 rings (SSSR count). The van der Waals surface area contributed by atoms with Crippen molar-refractivity contribution in [3.8, 4) is 16.2 Å². The van der Waals surface area contributed by atoms with Crippen molar-refractivity contribution in [1.29, 1.82) is 0 Å². The van der Waals surface area contributed by atoms with Crippen LogP contribution in [0.2, 0.25) is 5.02 Å². The van der Waals surface area contributed by atoms with Gasteiger partial charge in [-0.2, -0.15) is 8.42 Å². The molecule has 0 saturated heterocycles. The number of fused-ring (bicyclic) bond motifs is 1. The van der Waals surface area contributed by atoms with Crippen LogP contribution in [0.4, 0.5) is 0 Å². The summed E-state index contributed by atoms with van der Waals surface area (Å²) in [4.78, 5) is 22.5. The third-order valence-corrected chi connectivity index (χ3v) is 5.95. The number of aliphatic carboxylic acids is 1. The molecular formula is C15H9ClO8S2. The van der Waals surface area contributed by atoms with Gasteiger partial charge < -0.3 is 14.6 Å². The van der Waals surface area contributed by atoms with E-state index in [1.165, 1.54) is 12.1 Å². The highest BCUT2D eigenvalue weighted by Gasteiger charge is 2.23. The summed E-state index contributed by atoms with van der Waals surface area (Å²) in [5, 5.41) is 18.9. The Morgan fingerprint density at radius 2 is 1.92 bits per heavy atom. The maximum atomic E-state index is 12.2. The summed E-state index contributed by atoms with van der Waals surface area (Å²) >= 11 is 6.56. The first-order valence-corrected chi connectivity index (χ1v) is 9.48. The summed E-state index contributed by atoms with van der Waals surface area (Å²) in [6.07, 6.45) is -0.640. The molecule has 3 N–H and O–H groups in total. The van der Waals surface area contributed by atoms with E-state index >= 15 is 0 Å². The van der Waals surface area contributed by atoms with Crippen LogP contribution in [0.1, 0.15) is 4.88 Å². The Hall–Kier alpha value is -2.40.